The molecular weight excluding hydrogens is 502 g/mol. The Morgan fingerprint density at radius 3 is 2.55 bits per heavy atom. The molecule has 1 aliphatic rings. The van der Waals surface area contributed by atoms with Crippen LogP contribution in [0.2, 0.25) is 5.02 Å². The SMILES string of the molecule is Cc1ccccc1C(=O)Nc1ccc(C(=O)N2CCCC(CC(=O)NC=C=O)c3cc(Cl)ccc32)c(C)c1. The van der Waals surface area contributed by atoms with Crippen molar-refractivity contribution in [3.8, 4) is 0 Å². The Morgan fingerprint density at radius 1 is 1.03 bits per heavy atom. The van der Waals surface area contributed by atoms with Crippen molar-refractivity contribution in [2.75, 3.05) is 16.8 Å². The first-order valence-electron chi connectivity index (χ1n) is 12.4. The number of rotatable bonds is 6. The third kappa shape index (κ3) is 6.02. The molecule has 3 amide bonds. The fourth-order valence-electron chi connectivity index (χ4n) is 4.84. The highest BCUT2D eigenvalue weighted by atomic mass is 35.5. The molecule has 0 fully saturated rings. The molecular formula is C30H28ClN3O4. The van der Waals surface area contributed by atoms with E-state index in [2.05, 4.69) is 10.6 Å². The van der Waals surface area contributed by atoms with Gasteiger partial charge in [0.2, 0.25) is 5.91 Å². The minimum absolute atomic E-state index is 0.155. The molecule has 1 atom stereocenters. The van der Waals surface area contributed by atoms with E-state index in [1.807, 2.05) is 38.1 Å². The molecule has 1 aliphatic heterocycles. The molecule has 0 aromatic heterocycles. The summed E-state index contributed by atoms with van der Waals surface area (Å²) in [6.07, 6.45) is 2.47. The number of aryl methyl sites for hydroxylation is 2. The van der Waals surface area contributed by atoms with E-state index in [0.29, 0.717) is 46.9 Å². The molecule has 0 saturated carbocycles. The smallest absolute Gasteiger partial charge is 0.258 e. The van der Waals surface area contributed by atoms with Crippen LogP contribution in [0.1, 0.15) is 62.6 Å². The van der Waals surface area contributed by atoms with Crippen molar-refractivity contribution in [1.29, 1.82) is 0 Å². The first-order chi connectivity index (χ1) is 18.3. The van der Waals surface area contributed by atoms with Gasteiger partial charge in [0.25, 0.3) is 11.8 Å². The topological polar surface area (TPSA) is 95.6 Å². The van der Waals surface area contributed by atoms with Crippen molar-refractivity contribution in [2.24, 2.45) is 0 Å². The van der Waals surface area contributed by atoms with E-state index in [1.165, 1.54) is 0 Å². The molecule has 38 heavy (non-hydrogen) atoms. The van der Waals surface area contributed by atoms with Gasteiger partial charge in [-0.15, -0.1) is 0 Å². The monoisotopic (exact) mass is 529 g/mol. The minimum atomic E-state index is -0.303. The molecule has 1 unspecified atom stereocenters. The molecule has 0 aliphatic carbocycles. The fourth-order valence-corrected chi connectivity index (χ4v) is 5.02. The standard InChI is InChI=1S/C30H28ClN3O4/c1-19-6-3-4-8-24(19)29(37)33-23-10-11-25(20(2)16-23)30(38)34-14-5-7-21(17-28(36)32-13-15-35)26-18-22(31)9-12-27(26)34/h3-4,6,8-13,16,18,21H,5,7,14,17H2,1-2H3,(H,32,36)(H,33,37). The van der Waals surface area contributed by atoms with Crippen LogP contribution >= 0.6 is 11.6 Å². The average molecular weight is 530 g/mol. The molecule has 3 aromatic rings. The molecule has 194 valence electrons. The number of hydrogen-bond acceptors (Lipinski definition) is 4. The first kappa shape index (κ1) is 26.9. The molecule has 0 spiro atoms. The lowest BCUT2D eigenvalue weighted by Crippen LogP contribution is -2.32. The number of hydrogen-bond donors (Lipinski definition) is 2. The Kier molecular flexibility index (Phi) is 8.41. The third-order valence-corrected chi connectivity index (χ3v) is 6.96. The summed E-state index contributed by atoms with van der Waals surface area (Å²) in [6, 6.07) is 17.9. The van der Waals surface area contributed by atoms with Crippen LogP contribution in [0.5, 0.6) is 0 Å². The highest BCUT2D eigenvalue weighted by molar-refractivity contribution is 6.30. The Morgan fingerprint density at radius 2 is 1.82 bits per heavy atom. The normalized spacial score (nSPS) is 14.5. The zero-order chi connectivity index (χ0) is 27.2. The van der Waals surface area contributed by atoms with Crippen LogP contribution in [0, 0.1) is 13.8 Å². The van der Waals surface area contributed by atoms with Crippen LogP contribution in [0.15, 0.2) is 66.9 Å². The second-order valence-electron chi connectivity index (χ2n) is 9.33. The Balaban J connectivity index is 1.58. The lowest BCUT2D eigenvalue weighted by atomic mass is 9.90. The number of fused-ring (bicyclic) bond motifs is 1. The summed E-state index contributed by atoms with van der Waals surface area (Å²) in [4.78, 5) is 51.0. The van der Waals surface area contributed by atoms with Crippen LogP contribution in [0.4, 0.5) is 11.4 Å². The summed E-state index contributed by atoms with van der Waals surface area (Å²) < 4.78 is 0. The Labute approximate surface area is 226 Å². The van der Waals surface area contributed by atoms with E-state index in [0.717, 1.165) is 22.9 Å². The van der Waals surface area contributed by atoms with Gasteiger partial charge in [-0.3, -0.25) is 14.4 Å². The van der Waals surface area contributed by atoms with Gasteiger partial charge in [0.05, 0.1) is 6.20 Å². The predicted octanol–water partition coefficient (Wildman–Crippen LogP) is 5.58. The molecule has 3 aromatic carbocycles. The number of carbonyl (C=O) groups excluding carboxylic acids is 4. The summed E-state index contributed by atoms with van der Waals surface area (Å²) >= 11 is 6.30. The van der Waals surface area contributed by atoms with Gasteiger partial charge in [-0.05, 0) is 91.8 Å². The van der Waals surface area contributed by atoms with E-state index in [4.69, 9.17) is 11.6 Å². The zero-order valence-corrected chi connectivity index (χ0v) is 22.0. The Bertz CT molecular complexity index is 1450. The molecule has 8 heteroatoms. The molecule has 1 heterocycles. The number of amides is 3. The van der Waals surface area contributed by atoms with Gasteiger partial charge in [-0.25, -0.2) is 4.79 Å². The second-order valence-corrected chi connectivity index (χ2v) is 9.77. The van der Waals surface area contributed by atoms with Gasteiger partial charge in [0.15, 0.2) is 0 Å². The van der Waals surface area contributed by atoms with Gasteiger partial charge in [0.1, 0.15) is 5.94 Å². The maximum Gasteiger partial charge on any atom is 0.258 e. The van der Waals surface area contributed by atoms with E-state index < -0.39 is 0 Å². The molecule has 0 radical (unpaired) electrons. The number of halogens is 1. The van der Waals surface area contributed by atoms with Crippen molar-refractivity contribution in [3.63, 3.8) is 0 Å². The van der Waals surface area contributed by atoms with Crippen molar-refractivity contribution in [2.45, 2.75) is 39.0 Å². The largest absolute Gasteiger partial charge is 0.323 e. The van der Waals surface area contributed by atoms with Crippen molar-refractivity contribution in [3.05, 3.63) is 99.7 Å². The summed E-state index contributed by atoms with van der Waals surface area (Å²) in [5, 5.41) is 5.84. The maximum atomic E-state index is 13.8. The quantitative estimate of drug-likeness (QED) is 0.407. The van der Waals surface area contributed by atoms with Gasteiger partial charge in [-0.1, -0.05) is 29.8 Å². The summed E-state index contributed by atoms with van der Waals surface area (Å²) in [6.45, 7) is 4.20. The van der Waals surface area contributed by atoms with Gasteiger partial charge < -0.3 is 15.5 Å². The highest BCUT2D eigenvalue weighted by Crippen LogP contribution is 2.39. The number of nitrogens with one attached hydrogen (secondary N) is 2. The maximum absolute atomic E-state index is 13.8. The highest BCUT2D eigenvalue weighted by Gasteiger charge is 2.29. The second kappa shape index (κ2) is 11.9. The average Bonchev–Trinajstić information content (AvgIpc) is 3.06. The summed E-state index contributed by atoms with van der Waals surface area (Å²) in [5.41, 5.74) is 4.84. The van der Waals surface area contributed by atoms with Crippen molar-refractivity contribution in [1.82, 2.24) is 5.32 Å². The number of carbonyl (C=O) groups is 3. The number of nitrogens with zero attached hydrogens (tertiary/aromatic N) is 1. The van der Waals surface area contributed by atoms with Crippen LogP contribution in [-0.2, 0) is 9.59 Å². The molecule has 0 saturated heterocycles. The van der Waals surface area contributed by atoms with E-state index in [-0.39, 0.29) is 30.1 Å². The van der Waals surface area contributed by atoms with Crippen LogP contribution < -0.4 is 15.5 Å². The lowest BCUT2D eigenvalue weighted by Gasteiger charge is -2.25. The Hall–Kier alpha value is -4.19. The van der Waals surface area contributed by atoms with E-state index in [9.17, 15) is 19.2 Å². The number of benzene rings is 3. The third-order valence-electron chi connectivity index (χ3n) is 6.73. The van der Waals surface area contributed by atoms with E-state index in [1.54, 1.807) is 47.2 Å². The van der Waals surface area contributed by atoms with Crippen LogP contribution in [0.25, 0.3) is 0 Å². The molecule has 2 N–H and O–H groups in total. The predicted molar refractivity (Wildman–Crippen MR) is 148 cm³/mol. The molecule has 4 rings (SSSR count). The van der Waals surface area contributed by atoms with Gasteiger partial charge in [0, 0.05) is 40.5 Å². The van der Waals surface area contributed by atoms with Crippen LogP contribution in [-0.4, -0.2) is 30.2 Å². The number of anilines is 2. The van der Waals surface area contributed by atoms with Crippen molar-refractivity contribution < 1.29 is 19.2 Å². The molecule has 0 bridgehead atoms. The minimum Gasteiger partial charge on any atom is -0.323 e. The van der Waals surface area contributed by atoms with Gasteiger partial charge in [-0.2, -0.15) is 0 Å². The molecule has 7 nitrogen and oxygen atoms in total. The van der Waals surface area contributed by atoms with Crippen LogP contribution in [0.3, 0.4) is 0 Å². The summed E-state index contributed by atoms with van der Waals surface area (Å²) in [5.74, 6) is 0.696. The summed E-state index contributed by atoms with van der Waals surface area (Å²) in [7, 11) is 0. The first-order valence-corrected chi connectivity index (χ1v) is 12.7. The zero-order valence-electron chi connectivity index (χ0n) is 21.2. The van der Waals surface area contributed by atoms with E-state index >= 15 is 0 Å². The van der Waals surface area contributed by atoms with Crippen molar-refractivity contribution >= 4 is 46.6 Å². The fraction of sp³-hybridized carbons (Fsp3) is 0.233. The van der Waals surface area contributed by atoms with Gasteiger partial charge >= 0.3 is 0 Å². The lowest BCUT2D eigenvalue weighted by molar-refractivity contribution is -0.120.